The van der Waals surface area contributed by atoms with E-state index in [1.807, 2.05) is 0 Å². The minimum atomic E-state index is 0. The Labute approximate surface area is 169 Å². The molecule has 0 aliphatic carbocycles. The maximum absolute atomic E-state index is 7.75. The Bertz CT molecular complexity index is 155. The molecule has 0 fully saturated rings. The van der Waals surface area contributed by atoms with Crippen LogP contribution < -0.4 is 0 Å². The van der Waals surface area contributed by atoms with Gasteiger partial charge in [-0.05, 0) is 0 Å². The first-order valence-corrected chi connectivity index (χ1v) is 8.83. The number of hydrogen-bond donors (Lipinski definition) is 0. The van der Waals surface area contributed by atoms with Crippen molar-refractivity contribution in [2.24, 2.45) is 0 Å². The Hall–Kier alpha value is -0.197. The largest absolute Gasteiger partial charge is 6.00 e. The maximum Gasteiger partial charge on any atom is 6.00 e. The van der Waals surface area contributed by atoms with Gasteiger partial charge < -0.3 is 30.9 Å². The van der Waals surface area contributed by atoms with Gasteiger partial charge in [-0.1, -0.05) is 67.2 Å². The van der Waals surface area contributed by atoms with Crippen LogP contribution in [0.4, 0.5) is 0 Å². The smallest absolute Gasteiger partial charge is 0.678 e. The van der Waals surface area contributed by atoms with Crippen LogP contribution in [0.5, 0.6) is 0 Å². The minimum Gasteiger partial charge on any atom is -0.678 e. The van der Waals surface area contributed by atoms with E-state index in [2.05, 4.69) is 76.4 Å². The molecule has 0 rings (SSSR count). The summed E-state index contributed by atoms with van der Waals surface area (Å²) in [4.78, 5) is 15.5. The zero-order valence-electron chi connectivity index (χ0n) is 16.9. The summed E-state index contributed by atoms with van der Waals surface area (Å²) in [5, 5.41) is 17.3. The van der Waals surface area contributed by atoms with Crippen molar-refractivity contribution in [3.05, 3.63) is 21.3 Å². The molecule has 0 saturated carbocycles. The van der Waals surface area contributed by atoms with Crippen LogP contribution in [0.3, 0.4) is 0 Å². The molecule has 0 heterocycles. The van der Waals surface area contributed by atoms with Crippen molar-refractivity contribution < 1.29 is 29.1 Å². The summed E-state index contributed by atoms with van der Waals surface area (Å²) < 4.78 is 0. The van der Waals surface area contributed by atoms with Crippen LogP contribution >= 0.6 is 0 Å². The summed E-state index contributed by atoms with van der Waals surface area (Å²) in [5.74, 6) is 0. The fraction of sp³-hybridized carbons (Fsp3) is 0.889. The Morgan fingerprint density at radius 1 is 0.560 bits per heavy atom. The summed E-state index contributed by atoms with van der Waals surface area (Å²) in [6, 6.07) is 0. The van der Waals surface area contributed by atoms with Crippen molar-refractivity contribution in [2.75, 3.05) is 26.2 Å². The van der Waals surface area contributed by atoms with Crippen LogP contribution in [0.2, 0.25) is 0 Å². The predicted octanol–water partition coefficient (Wildman–Crippen LogP) is 5.25. The number of nitrogens with zero attached hydrogens (tertiary/aromatic N) is 4. The van der Waals surface area contributed by atoms with E-state index in [0.717, 1.165) is 39.0 Å². The van der Waals surface area contributed by atoms with Gasteiger partial charge in [-0.15, -0.1) is 0 Å². The van der Waals surface area contributed by atoms with Gasteiger partial charge in [0.15, 0.2) is 0 Å². The second-order valence-electron chi connectivity index (χ2n) is 4.53. The second kappa shape index (κ2) is 39.1. The Morgan fingerprint density at radius 2 is 0.760 bits per heavy atom. The normalized spacial score (nSPS) is 8.96. The van der Waals surface area contributed by atoms with Crippen molar-refractivity contribution in [2.45, 2.75) is 79.6 Å². The molecular weight excluding hydrogens is 405 g/mol. The fourth-order valence-electron chi connectivity index (χ4n) is 1.84. The van der Waals surface area contributed by atoms with Crippen LogP contribution in [-0.2, 0) is 29.1 Å². The second-order valence-corrected chi connectivity index (χ2v) is 4.53. The molecule has 25 heavy (non-hydrogen) atoms. The van der Waals surface area contributed by atoms with Crippen molar-refractivity contribution in [1.82, 2.24) is 0 Å². The van der Waals surface area contributed by atoms with Gasteiger partial charge in [-0.25, -0.2) is 12.3 Å². The molecular formula is C18H38N4O2Ru. The third-order valence-electron chi connectivity index (χ3n) is 2.67. The summed E-state index contributed by atoms with van der Waals surface area (Å²) in [6.07, 6.45) is 5.14. The third kappa shape index (κ3) is 35.7. The van der Waals surface area contributed by atoms with E-state index >= 15 is 0 Å². The summed E-state index contributed by atoms with van der Waals surface area (Å²) >= 11 is 0. The number of rotatable bonds is 12. The molecule has 0 atom stereocenters. The molecule has 7 heteroatoms. The molecule has 0 aromatic rings. The van der Waals surface area contributed by atoms with Gasteiger partial charge in [0.1, 0.15) is 0 Å². The van der Waals surface area contributed by atoms with Crippen LogP contribution in [-0.4, -0.2) is 52.1 Å². The van der Waals surface area contributed by atoms with E-state index in [9.17, 15) is 0 Å². The summed E-state index contributed by atoms with van der Waals surface area (Å²) in [6.45, 7) is 22.7. The van der Waals surface area contributed by atoms with Gasteiger partial charge in [-0.3, -0.25) is 13.6 Å². The standard InChI is InChI=1S/2C8H18N2.2CHO.Ru/c2*1-4-7-8(9-5-2)10-6-3;2*1-2;/h2*8H,4-7H2,1-3H3;2*1H;/q2*-2;2*-1;+6. The van der Waals surface area contributed by atoms with Gasteiger partial charge in [0, 0.05) is 0 Å². The molecule has 0 amide bonds. The molecule has 0 aliphatic rings. The number of hydrogen-bond acceptors (Lipinski definition) is 2. The van der Waals surface area contributed by atoms with E-state index < -0.39 is 0 Å². The first kappa shape index (κ1) is 35.8. The zero-order chi connectivity index (χ0) is 19.6. The summed E-state index contributed by atoms with van der Waals surface area (Å²) in [7, 11) is 0. The molecule has 0 saturated heterocycles. The Morgan fingerprint density at radius 3 is 0.880 bits per heavy atom. The molecule has 0 spiro atoms. The predicted molar refractivity (Wildman–Crippen MR) is 106 cm³/mol. The SMILES string of the molecule is CCCC([N-]CC)[N-]CC.CCCC([N-]CC)[N-]CC.[CH-]=O.[CH-]=O.[Ru+6]. The van der Waals surface area contributed by atoms with Gasteiger partial charge in [0.2, 0.25) is 0 Å². The van der Waals surface area contributed by atoms with Crippen molar-refractivity contribution in [3.8, 4) is 0 Å². The monoisotopic (exact) mass is 444 g/mol. The van der Waals surface area contributed by atoms with E-state index in [1.165, 1.54) is 12.8 Å². The first-order chi connectivity index (χ1) is 11.7. The molecule has 0 aromatic heterocycles. The molecule has 0 N–H and O–H groups in total. The van der Waals surface area contributed by atoms with E-state index in [0.29, 0.717) is 0 Å². The molecule has 150 valence electrons. The van der Waals surface area contributed by atoms with Crippen molar-refractivity contribution in [1.29, 1.82) is 0 Å². The first-order valence-electron chi connectivity index (χ1n) is 8.83. The van der Waals surface area contributed by atoms with Gasteiger partial charge >= 0.3 is 19.5 Å². The Balaban J connectivity index is -0.0000000858. The minimum absolute atomic E-state index is 0. The molecule has 0 aliphatic heterocycles. The van der Waals surface area contributed by atoms with Crippen LogP contribution in [0.15, 0.2) is 0 Å². The van der Waals surface area contributed by atoms with Crippen molar-refractivity contribution in [3.63, 3.8) is 0 Å². The van der Waals surface area contributed by atoms with Crippen LogP contribution in [0, 0.1) is 0 Å². The zero-order valence-corrected chi connectivity index (χ0v) is 18.7. The fourth-order valence-corrected chi connectivity index (χ4v) is 1.84. The molecule has 6 nitrogen and oxygen atoms in total. The third-order valence-corrected chi connectivity index (χ3v) is 2.67. The van der Waals surface area contributed by atoms with Crippen LogP contribution in [0.1, 0.15) is 67.2 Å². The molecule has 0 radical (unpaired) electrons. The summed E-state index contributed by atoms with van der Waals surface area (Å²) in [5.41, 5.74) is 0. The van der Waals surface area contributed by atoms with Gasteiger partial charge in [0.25, 0.3) is 0 Å². The van der Waals surface area contributed by atoms with E-state index in [-0.39, 0.29) is 31.8 Å². The maximum atomic E-state index is 7.75. The van der Waals surface area contributed by atoms with Crippen LogP contribution in [0.25, 0.3) is 21.3 Å². The molecule has 0 bridgehead atoms. The average Bonchev–Trinajstić information content (AvgIpc) is 2.61. The van der Waals surface area contributed by atoms with Gasteiger partial charge in [-0.2, -0.15) is 26.2 Å². The Kier molecular flexibility index (Phi) is 56.0. The van der Waals surface area contributed by atoms with Crippen molar-refractivity contribution >= 4 is 13.6 Å². The van der Waals surface area contributed by atoms with E-state index in [1.54, 1.807) is 0 Å². The van der Waals surface area contributed by atoms with E-state index in [4.69, 9.17) is 9.59 Å². The number of carbonyl (C=O) groups excluding carboxylic acids is 2. The quantitative estimate of drug-likeness (QED) is 0.234. The average molecular weight is 444 g/mol. The molecule has 0 aromatic carbocycles. The van der Waals surface area contributed by atoms with Gasteiger partial charge in [0.05, 0.1) is 0 Å². The molecule has 0 unspecified atom stereocenters. The topological polar surface area (TPSA) is 90.5 Å².